The lowest BCUT2D eigenvalue weighted by Crippen LogP contribution is -2.20. The van der Waals surface area contributed by atoms with E-state index in [0.717, 1.165) is 15.9 Å². The number of rotatable bonds is 3. The molecule has 0 spiro atoms. The zero-order valence-electron chi connectivity index (χ0n) is 11.6. The molecule has 0 unspecified atom stereocenters. The zero-order valence-corrected chi connectivity index (χ0v) is 13.2. The molecule has 112 valence electrons. The van der Waals surface area contributed by atoms with Crippen molar-refractivity contribution in [2.45, 2.75) is 16.1 Å². The molecule has 1 aliphatic heterocycles. The van der Waals surface area contributed by atoms with Gasteiger partial charge in [0.2, 0.25) is 0 Å². The van der Waals surface area contributed by atoms with Gasteiger partial charge in [-0.15, -0.1) is 0 Å². The molecule has 0 radical (unpaired) electrons. The number of hydrogen-bond donors (Lipinski definition) is 0. The van der Waals surface area contributed by atoms with E-state index in [1.54, 1.807) is 28.6 Å². The fraction of sp³-hybridized carbons (Fsp3) is 0.200. The van der Waals surface area contributed by atoms with Crippen LogP contribution in [0.3, 0.4) is 0 Å². The zero-order chi connectivity index (χ0) is 15.2. The van der Waals surface area contributed by atoms with Crippen LogP contribution in [0.4, 0.5) is 0 Å². The summed E-state index contributed by atoms with van der Waals surface area (Å²) in [6.45, 7) is 0. The Balaban J connectivity index is 1.68. The number of nitrogens with zero attached hydrogens (tertiary/aromatic N) is 3. The first-order chi connectivity index (χ1) is 10.6. The van der Waals surface area contributed by atoms with Crippen molar-refractivity contribution in [3.8, 4) is 0 Å². The van der Waals surface area contributed by atoms with Gasteiger partial charge in [0.1, 0.15) is 6.33 Å². The summed E-state index contributed by atoms with van der Waals surface area (Å²) in [4.78, 5) is 4.48. The van der Waals surface area contributed by atoms with Crippen molar-refractivity contribution >= 4 is 32.4 Å². The maximum Gasteiger partial charge on any atom is 0.186 e. The minimum absolute atomic E-state index is 0.0503. The van der Waals surface area contributed by atoms with Gasteiger partial charge in [0.05, 0.1) is 16.7 Å². The van der Waals surface area contributed by atoms with Crippen molar-refractivity contribution in [1.29, 1.82) is 0 Å². The first-order valence-electron chi connectivity index (χ1n) is 6.87. The van der Waals surface area contributed by atoms with E-state index >= 15 is 0 Å². The third-order valence-electron chi connectivity index (χ3n) is 3.78. The van der Waals surface area contributed by atoms with Crippen LogP contribution in [0.2, 0.25) is 0 Å². The molecule has 22 heavy (non-hydrogen) atoms. The van der Waals surface area contributed by atoms with Crippen LogP contribution in [-0.4, -0.2) is 34.7 Å². The molecular formula is C15H13N3O2S2. The van der Waals surface area contributed by atoms with E-state index in [2.05, 4.69) is 10.1 Å². The Hall–Kier alpha value is -1.86. The Kier molecular flexibility index (Phi) is 3.19. The lowest BCUT2D eigenvalue weighted by atomic mass is 10.1. The van der Waals surface area contributed by atoms with Crippen LogP contribution < -0.4 is 0 Å². The molecule has 1 atom stereocenters. The molecule has 0 fully saturated rings. The van der Waals surface area contributed by atoms with Crippen LogP contribution in [-0.2, 0) is 9.84 Å². The van der Waals surface area contributed by atoms with Gasteiger partial charge in [-0.1, -0.05) is 42.1 Å². The van der Waals surface area contributed by atoms with Crippen molar-refractivity contribution in [2.75, 3.05) is 11.5 Å². The Bertz CT molecular complexity index is 950. The fourth-order valence-corrected chi connectivity index (χ4v) is 5.40. The smallest absolute Gasteiger partial charge is 0.186 e. The van der Waals surface area contributed by atoms with Crippen molar-refractivity contribution in [3.63, 3.8) is 0 Å². The molecule has 1 aromatic heterocycles. The molecule has 1 aliphatic rings. The molecule has 2 heterocycles. The van der Waals surface area contributed by atoms with E-state index in [0.29, 0.717) is 10.6 Å². The van der Waals surface area contributed by atoms with Gasteiger partial charge < -0.3 is 0 Å². The third-order valence-corrected chi connectivity index (χ3v) is 6.68. The molecule has 0 bridgehead atoms. The second kappa shape index (κ2) is 5.10. The second-order valence-corrected chi connectivity index (χ2v) is 8.26. The highest BCUT2D eigenvalue weighted by molar-refractivity contribution is 7.99. The minimum atomic E-state index is -3.36. The minimum Gasteiger partial charge on any atom is -0.236 e. The van der Waals surface area contributed by atoms with E-state index in [9.17, 15) is 8.42 Å². The van der Waals surface area contributed by atoms with E-state index in [-0.39, 0.29) is 11.8 Å². The molecule has 0 saturated carbocycles. The van der Waals surface area contributed by atoms with Gasteiger partial charge in [-0.05, 0) is 22.9 Å². The predicted octanol–water partition coefficient (Wildman–Crippen LogP) is 2.55. The monoisotopic (exact) mass is 331 g/mol. The fourth-order valence-electron chi connectivity index (χ4n) is 2.66. The van der Waals surface area contributed by atoms with Crippen LogP contribution >= 0.6 is 11.8 Å². The number of fused-ring (bicyclic) bond motifs is 2. The quantitative estimate of drug-likeness (QED) is 0.738. The van der Waals surface area contributed by atoms with Gasteiger partial charge in [-0.2, -0.15) is 5.10 Å². The summed E-state index contributed by atoms with van der Waals surface area (Å²) in [5.74, 6) is 0.748. The standard InChI is InChI=1S/C15H13N3O2S2/c19-22(20,9-13-8-21-15-16-10-17-18(13)15)14-6-5-11-3-1-2-4-12(11)7-14/h1-7,10,13H,8-9H2/t13-/m0/s1. The van der Waals surface area contributed by atoms with Crippen molar-refractivity contribution in [2.24, 2.45) is 0 Å². The summed E-state index contributed by atoms with van der Waals surface area (Å²) < 4.78 is 27.1. The maximum atomic E-state index is 12.7. The van der Waals surface area contributed by atoms with Crippen LogP contribution in [0.25, 0.3) is 10.8 Å². The summed E-state index contributed by atoms with van der Waals surface area (Å²) in [5.41, 5.74) is 0. The van der Waals surface area contributed by atoms with Crippen LogP contribution in [0, 0.1) is 0 Å². The van der Waals surface area contributed by atoms with Gasteiger partial charge in [-0.25, -0.2) is 18.1 Å². The molecule has 0 amide bonds. The molecule has 7 heteroatoms. The first-order valence-corrected chi connectivity index (χ1v) is 9.51. The SMILES string of the molecule is O=S(=O)(C[C@@H]1CSc2ncnn21)c1ccc2ccccc2c1. The molecule has 3 aromatic rings. The topological polar surface area (TPSA) is 64.8 Å². The van der Waals surface area contributed by atoms with Crippen molar-refractivity contribution in [1.82, 2.24) is 14.8 Å². The van der Waals surface area contributed by atoms with E-state index in [1.165, 1.54) is 6.33 Å². The molecule has 0 N–H and O–H groups in total. The van der Waals surface area contributed by atoms with Gasteiger partial charge in [0, 0.05) is 5.75 Å². The largest absolute Gasteiger partial charge is 0.236 e. The molecule has 2 aromatic carbocycles. The van der Waals surface area contributed by atoms with Gasteiger partial charge in [0.25, 0.3) is 0 Å². The predicted molar refractivity (Wildman–Crippen MR) is 85.8 cm³/mol. The van der Waals surface area contributed by atoms with E-state index in [1.807, 2.05) is 30.3 Å². The number of benzene rings is 2. The second-order valence-electron chi connectivity index (χ2n) is 5.24. The summed E-state index contributed by atoms with van der Waals surface area (Å²) in [5, 5.41) is 6.89. The Morgan fingerprint density at radius 1 is 1.18 bits per heavy atom. The highest BCUT2D eigenvalue weighted by Crippen LogP contribution is 2.32. The van der Waals surface area contributed by atoms with Crippen molar-refractivity contribution < 1.29 is 8.42 Å². The third kappa shape index (κ3) is 2.30. The highest BCUT2D eigenvalue weighted by atomic mass is 32.2. The van der Waals surface area contributed by atoms with Gasteiger partial charge >= 0.3 is 0 Å². The molecule has 4 rings (SSSR count). The van der Waals surface area contributed by atoms with E-state index < -0.39 is 9.84 Å². The summed E-state index contributed by atoms with van der Waals surface area (Å²) in [6.07, 6.45) is 1.47. The highest BCUT2D eigenvalue weighted by Gasteiger charge is 2.30. The molecule has 0 aliphatic carbocycles. The van der Waals surface area contributed by atoms with E-state index in [4.69, 9.17) is 0 Å². The van der Waals surface area contributed by atoms with Crippen molar-refractivity contribution in [3.05, 3.63) is 48.8 Å². The lowest BCUT2D eigenvalue weighted by molar-refractivity contribution is 0.504. The maximum absolute atomic E-state index is 12.7. The Morgan fingerprint density at radius 3 is 2.86 bits per heavy atom. The van der Waals surface area contributed by atoms with Crippen LogP contribution in [0.1, 0.15) is 6.04 Å². The number of sulfone groups is 1. The average Bonchev–Trinajstić information content (AvgIpc) is 3.12. The normalized spacial score (nSPS) is 17.7. The Labute approximate surface area is 132 Å². The Morgan fingerprint density at radius 2 is 2.00 bits per heavy atom. The average molecular weight is 331 g/mol. The molecular weight excluding hydrogens is 318 g/mol. The number of thioether (sulfide) groups is 1. The van der Waals surface area contributed by atoms with Crippen LogP contribution in [0.5, 0.6) is 0 Å². The number of hydrogen-bond acceptors (Lipinski definition) is 5. The first kappa shape index (κ1) is 13.8. The van der Waals surface area contributed by atoms with Gasteiger partial charge in [0.15, 0.2) is 15.0 Å². The molecule has 0 saturated heterocycles. The van der Waals surface area contributed by atoms with Crippen LogP contribution in [0.15, 0.2) is 58.8 Å². The molecule has 5 nitrogen and oxygen atoms in total. The van der Waals surface area contributed by atoms with Gasteiger partial charge in [-0.3, -0.25) is 0 Å². The summed E-state index contributed by atoms with van der Waals surface area (Å²) in [7, 11) is -3.36. The number of aromatic nitrogens is 3. The lowest BCUT2D eigenvalue weighted by Gasteiger charge is -2.12. The summed E-state index contributed by atoms with van der Waals surface area (Å²) in [6, 6.07) is 12.9. The summed E-state index contributed by atoms with van der Waals surface area (Å²) >= 11 is 1.55.